The number of nitrogens with zero attached hydrogens (tertiary/aromatic N) is 3. The Morgan fingerprint density at radius 2 is 2.00 bits per heavy atom. The first-order valence-corrected chi connectivity index (χ1v) is 13.9. The molecule has 0 aliphatic carbocycles. The number of carbonyl (C=O) groups is 2. The molecular formula is C28H37F4N5O4. The lowest BCUT2D eigenvalue weighted by Crippen LogP contribution is -2.44. The summed E-state index contributed by atoms with van der Waals surface area (Å²) in [7, 11) is 0. The molecule has 9 nitrogen and oxygen atoms in total. The number of nitrogens with one attached hydrogen (secondary N) is 2. The van der Waals surface area contributed by atoms with Crippen LogP contribution in [0.4, 0.5) is 23.4 Å². The molecule has 3 rings (SSSR count). The molecule has 1 aliphatic rings. The van der Waals surface area contributed by atoms with Gasteiger partial charge in [0.2, 0.25) is 0 Å². The molecule has 0 radical (unpaired) electrons. The van der Waals surface area contributed by atoms with Gasteiger partial charge in [-0.25, -0.2) is 19.2 Å². The number of unbranched alkanes of at least 4 members (excludes halogenated alkanes) is 1. The molecule has 41 heavy (non-hydrogen) atoms. The number of fused-ring (bicyclic) bond motifs is 1. The standard InChI is InChI=1S/C28H37F4N5O4/c1-2-15-41-16-14-37(12-4-3-7-21-9-8-19-6-5-11-33-25(19)35-21)13-10-23(27(39)40)36-26(38)24-22(28(30,31)32)17-20(29)18-34-24/h8-9,17-18,23H,2-7,10-16H2,1H3,(H,33,35)(H,36,38)(H,39,40). The number of carboxylic acid groups (broad SMARTS) is 1. The maximum Gasteiger partial charge on any atom is 0.418 e. The molecule has 0 bridgehead atoms. The van der Waals surface area contributed by atoms with E-state index >= 15 is 0 Å². The largest absolute Gasteiger partial charge is 0.480 e. The Labute approximate surface area is 236 Å². The average molecular weight is 584 g/mol. The third kappa shape index (κ3) is 10.2. The van der Waals surface area contributed by atoms with Gasteiger partial charge in [0.05, 0.1) is 18.4 Å². The van der Waals surface area contributed by atoms with Crippen LogP contribution in [0, 0.1) is 5.82 Å². The summed E-state index contributed by atoms with van der Waals surface area (Å²) in [5.41, 5.74) is -0.431. The van der Waals surface area contributed by atoms with E-state index in [2.05, 4.69) is 21.7 Å². The second-order valence-corrected chi connectivity index (χ2v) is 9.95. The normalized spacial score (nSPS) is 13.9. The van der Waals surface area contributed by atoms with Crippen LogP contribution in [0.15, 0.2) is 24.4 Å². The van der Waals surface area contributed by atoms with Crippen LogP contribution in [0.3, 0.4) is 0 Å². The van der Waals surface area contributed by atoms with Crippen molar-refractivity contribution in [2.45, 2.75) is 64.1 Å². The Balaban J connectivity index is 1.57. The van der Waals surface area contributed by atoms with E-state index in [1.165, 1.54) is 5.56 Å². The lowest BCUT2D eigenvalue weighted by Gasteiger charge is -2.24. The van der Waals surface area contributed by atoms with Crippen molar-refractivity contribution in [1.29, 1.82) is 0 Å². The predicted octanol–water partition coefficient (Wildman–Crippen LogP) is 4.32. The molecule has 2 aromatic heterocycles. The molecule has 3 N–H and O–H groups in total. The zero-order valence-electron chi connectivity index (χ0n) is 23.1. The number of alkyl halides is 3. The van der Waals surface area contributed by atoms with Crippen LogP contribution in [-0.4, -0.2) is 77.3 Å². The molecule has 0 fully saturated rings. The van der Waals surface area contributed by atoms with E-state index in [4.69, 9.17) is 9.72 Å². The number of carbonyl (C=O) groups excluding carboxylic acids is 1. The van der Waals surface area contributed by atoms with E-state index in [0.717, 1.165) is 56.6 Å². The molecule has 0 saturated carbocycles. The summed E-state index contributed by atoms with van der Waals surface area (Å²) in [5.74, 6) is -3.05. The van der Waals surface area contributed by atoms with Crippen molar-refractivity contribution in [3.05, 3.63) is 52.7 Å². The van der Waals surface area contributed by atoms with Crippen LogP contribution >= 0.6 is 0 Å². The molecule has 13 heteroatoms. The molecule has 226 valence electrons. The Morgan fingerprint density at radius 3 is 2.73 bits per heavy atom. The molecule has 0 saturated heterocycles. The van der Waals surface area contributed by atoms with E-state index in [1.54, 1.807) is 0 Å². The van der Waals surface area contributed by atoms with Gasteiger partial charge in [0, 0.05) is 31.9 Å². The third-order valence-electron chi connectivity index (χ3n) is 6.72. The number of rotatable bonds is 16. The summed E-state index contributed by atoms with van der Waals surface area (Å²) >= 11 is 0. The van der Waals surface area contributed by atoms with E-state index < -0.39 is 41.2 Å². The van der Waals surface area contributed by atoms with Crippen molar-refractivity contribution in [3.8, 4) is 0 Å². The number of carboxylic acids is 1. The monoisotopic (exact) mass is 583 g/mol. The van der Waals surface area contributed by atoms with Crippen LogP contribution in [0.5, 0.6) is 0 Å². The van der Waals surface area contributed by atoms with E-state index in [1.807, 2.05) is 17.9 Å². The molecule has 1 aliphatic heterocycles. The minimum Gasteiger partial charge on any atom is -0.480 e. The van der Waals surface area contributed by atoms with Gasteiger partial charge >= 0.3 is 12.1 Å². The Bertz CT molecular complexity index is 1160. The number of halogens is 4. The first kappa shape index (κ1) is 32.2. The van der Waals surface area contributed by atoms with E-state index in [9.17, 15) is 32.3 Å². The number of hydrogen-bond acceptors (Lipinski definition) is 7. The maximum atomic E-state index is 13.4. The van der Waals surface area contributed by atoms with Crippen molar-refractivity contribution >= 4 is 17.7 Å². The van der Waals surface area contributed by atoms with Gasteiger partial charge in [-0.2, -0.15) is 13.2 Å². The Morgan fingerprint density at radius 1 is 1.20 bits per heavy atom. The quantitative estimate of drug-likeness (QED) is 0.198. The molecule has 2 aromatic rings. The SMILES string of the molecule is CCCOCCN(CCCCc1ccc2c(n1)NCCC2)CCC(NC(=O)c1ncc(F)cc1C(F)(F)F)C(=O)O. The van der Waals surface area contributed by atoms with Crippen LogP contribution < -0.4 is 10.6 Å². The van der Waals surface area contributed by atoms with Gasteiger partial charge < -0.3 is 25.4 Å². The van der Waals surface area contributed by atoms with E-state index in [0.29, 0.717) is 32.5 Å². The lowest BCUT2D eigenvalue weighted by atomic mass is 10.1. The van der Waals surface area contributed by atoms with Crippen LogP contribution in [0.2, 0.25) is 0 Å². The van der Waals surface area contributed by atoms with Gasteiger partial charge in [-0.1, -0.05) is 13.0 Å². The number of aryl methyl sites for hydroxylation is 2. The molecule has 0 spiro atoms. The van der Waals surface area contributed by atoms with Crippen LogP contribution in [0.1, 0.15) is 66.3 Å². The van der Waals surface area contributed by atoms with Gasteiger partial charge in [-0.3, -0.25) is 4.79 Å². The van der Waals surface area contributed by atoms with Crippen molar-refractivity contribution in [1.82, 2.24) is 20.2 Å². The maximum absolute atomic E-state index is 13.4. The summed E-state index contributed by atoms with van der Waals surface area (Å²) in [6, 6.07) is 2.84. The zero-order chi connectivity index (χ0) is 29.8. The molecular weight excluding hydrogens is 546 g/mol. The first-order valence-electron chi connectivity index (χ1n) is 13.9. The highest BCUT2D eigenvalue weighted by Crippen LogP contribution is 2.31. The van der Waals surface area contributed by atoms with Crippen LogP contribution in [-0.2, 0) is 28.5 Å². The van der Waals surface area contributed by atoms with Crippen molar-refractivity contribution in [2.24, 2.45) is 0 Å². The first-order chi connectivity index (χ1) is 19.6. The topological polar surface area (TPSA) is 117 Å². The van der Waals surface area contributed by atoms with Gasteiger partial charge in [0.25, 0.3) is 5.91 Å². The Hall–Kier alpha value is -3.32. The third-order valence-corrected chi connectivity index (χ3v) is 6.72. The highest BCUT2D eigenvalue weighted by Gasteiger charge is 2.37. The fraction of sp³-hybridized carbons (Fsp3) is 0.571. The zero-order valence-corrected chi connectivity index (χ0v) is 23.1. The fourth-order valence-corrected chi connectivity index (χ4v) is 4.56. The summed E-state index contributed by atoms with van der Waals surface area (Å²) < 4.78 is 58.9. The predicted molar refractivity (Wildman–Crippen MR) is 144 cm³/mol. The fourth-order valence-electron chi connectivity index (χ4n) is 4.56. The lowest BCUT2D eigenvalue weighted by molar-refractivity contribution is -0.139. The number of amides is 1. The van der Waals surface area contributed by atoms with Gasteiger partial charge in [0.1, 0.15) is 23.4 Å². The van der Waals surface area contributed by atoms with Crippen molar-refractivity contribution < 1.29 is 37.0 Å². The van der Waals surface area contributed by atoms with Crippen molar-refractivity contribution in [3.63, 3.8) is 0 Å². The minimum atomic E-state index is -5.04. The molecule has 1 unspecified atom stereocenters. The number of aliphatic carboxylic acids is 1. The average Bonchev–Trinajstić information content (AvgIpc) is 2.94. The van der Waals surface area contributed by atoms with Crippen molar-refractivity contribution in [2.75, 3.05) is 44.7 Å². The summed E-state index contributed by atoms with van der Waals surface area (Å²) in [5, 5.41) is 15.1. The number of hydrogen-bond donors (Lipinski definition) is 3. The number of ether oxygens (including phenoxy) is 1. The van der Waals surface area contributed by atoms with Crippen LogP contribution in [0.25, 0.3) is 0 Å². The number of anilines is 1. The summed E-state index contributed by atoms with van der Waals surface area (Å²) in [4.78, 5) is 34.4. The molecule has 3 heterocycles. The molecule has 1 atom stereocenters. The molecule has 1 amide bonds. The highest BCUT2D eigenvalue weighted by molar-refractivity contribution is 5.96. The number of aromatic nitrogens is 2. The van der Waals surface area contributed by atoms with Gasteiger partial charge in [0.15, 0.2) is 0 Å². The smallest absolute Gasteiger partial charge is 0.418 e. The number of pyridine rings is 2. The van der Waals surface area contributed by atoms with Gasteiger partial charge in [-0.05, 0) is 69.2 Å². The van der Waals surface area contributed by atoms with E-state index in [-0.39, 0.29) is 19.0 Å². The second kappa shape index (κ2) is 15.6. The minimum absolute atomic E-state index is 0.0601. The Kier molecular flexibility index (Phi) is 12.3. The molecule has 0 aromatic carbocycles. The summed E-state index contributed by atoms with van der Waals surface area (Å²) in [6.07, 6.45) is 0.793. The second-order valence-electron chi connectivity index (χ2n) is 9.95. The van der Waals surface area contributed by atoms with Gasteiger partial charge in [-0.15, -0.1) is 0 Å². The summed E-state index contributed by atoms with van der Waals surface area (Å²) in [6.45, 7) is 5.35. The highest BCUT2D eigenvalue weighted by atomic mass is 19.4.